The number of nitrogens with zero attached hydrogens (tertiary/aromatic N) is 2. The molecule has 0 bridgehead atoms. The molecule has 0 saturated heterocycles. The van der Waals surface area contributed by atoms with Gasteiger partial charge in [0.05, 0.1) is 11.8 Å². The van der Waals surface area contributed by atoms with Crippen LogP contribution in [0.4, 0.5) is 5.13 Å². The Balaban J connectivity index is 1.74. The molecule has 1 saturated carbocycles. The van der Waals surface area contributed by atoms with Crippen molar-refractivity contribution in [3.8, 4) is 0 Å². The van der Waals surface area contributed by atoms with Crippen molar-refractivity contribution in [3.63, 3.8) is 0 Å². The first-order valence-electron chi connectivity index (χ1n) is 7.55. The first-order chi connectivity index (χ1) is 10.0. The minimum Gasteiger partial charge on any atom is -0.359 e. The maximum Gasteiger partial charge on any atom is 0.185 e. The molecule has 2 heterocycles. The Kier molecular flexibility index (Phi) is 4.32. The molecule has 2 aromatic heterocycles. The highest BCUT2D eigenvalue weighted by Crippen LogP contribution is 2.48. The summed E-state index contributed by atoms with van der Waals surface area (Å²) in [4.78, 5) is 8.83. The lowest BCUT2D eigenvalue weighted by Crippen LogP contribution is -2.23. The summed E-state index contributed by atoms with van der Waals surface area (Å²) in [7, 11) is -2.01. The molecular weight excluding hydrogens is 301 g/mol. The van der Waals surface area contributed by atoms with Gasteiger partial charge in [-0.25, -0.2) is 9.97 Å². The Hall–Kier alpha value is -0.930. The second-order valence-corrected chi connectivity index (χ2v) is 10.9. The standard InChI is InChI=1S/C15H22N3OPS/c1-20(2,19)12-7-4-3-6-11(10-12)17-15-18-14-13(21-15)8-5-9-16-14/h5,8-9,11-12H,3-4,6-7,10H2,1-2H3,(H,16,17,18). The van der Waals surface area contributed by atoms with E-state index in [1.807, 2.05) is 25.5 Å². The van der Waals surface area contributed by atoms with E-state index in [0.717, 1.165) is 34.7 Å². The molecule has 6 heteroatoms. The van der Waals surface area contributed by atoms with Gasteiger partial charge in [-0.1, -0.05) is 24.2 Å². The number of thiazole rings is 1. The number of nitrogens with one attached hydrogen (secondary N) is 1. The zero-order valence-electron chi connectivity index (χ0n) is 12.6. The third-order valence-corrected chi connectivity index (χ3v) is 7.44. The molecule has 0 radical (unpaired) electrons. The number of pyridine rings is 1. The largest absolute Gasteiger partial charge is 0.359 e. The lowest BCUT2D eigenvalue weighted by atomic mass is 10.1. The molecule has 2 aromatic rings. The molecule has 0 aliphatic heterocycles. The molecule has 21 heavy (non-hydrogen) atoms. The van der Waals surface area contributed by atoms with Gasteiger partial charge in [0.25, 0.3) is 0 Å². The van der Waals surface area contributed by atoms with Crippen molar-refractivity contribution in [1.82, 2.24) is 9.97 Å². The molecule has 0 spiro atoms. The number of hydrogen-bond acceptors (Lipinski definition) is 5. The van der Waals surface area contributed by atoms with E-state index in [-0.39, 0.29) is 0 Å². The lowest BCUT2D eigenvalue weighted by molar-refractivity contribution is 0.553. The molecule has 1 fully saturated rings. The number of aromatic nitrogens is 2. The summed E-state index contributed by atoms with van der Waals surface area (Å²) in [5, 5.41) is 4.50. The van der Waals surface area contributed by atoms with Crippen molar-refractivity contribution in [2.75, 3.05) is 18.6 Å². The van der Waals surface area contributed by atoms with E-state index in [2.05, 4.69) is 15.3 Å². The van der Waals surface area contributed by atoms with E-state index in [9.17, 15) is 4.57 Å². The molecule has 1 N–H and O–H groups in total. The van der Waals surface area contributed by atoms with Crippen LogP contribution >= 0.6 is 18.5 Å². The van der Waals surface area contributed by atoms with Gasteiger partial charge in [-0.05, 0) is 44.7 Å². The number of rotatable bonds is 3. The predicted octanol–water partition coefficient (Wildman–Crippen LogP) is 4.43. The Morgan fingerprint density at radius 3 is 2.90 bits per heavy atom. The van der Waals surface area contributed by atoms with Gasteiger partial charge in [0.15, 0.2) is 10.8 Å². The van der Waals surface area contributed by atoms with Crippen molar-refractivity contribution in [1.29, 1.82) is 0 Å². The Morgan fingerprint density at radius 2 is 2.14 bits per heavy atom. The first kappa shape index (κ1) is 15.0. The fourth-order valence-electron chi connectivity index (χ4n) is 3.04. The van der Waals surface area contributed by atoms with Crippen molar-refractivity contribution >= 4 is 34.0 Å². The van der Waals surface area contributed by atoms with E-state index < -0.39 is 7.14 Å². The smallest absolute Gasteiger partial charge is 0.185 e. The molecule has 2 atom stereocenters. The van der Waals surface area contributed by atoms with Crippen LogP contribution in [0.25, 0.3) is 10.3 Å². The van der Waals surface area contributed by atoms with E-state index >= 15 is 0 Å². The normalized spacial score (nSPS) is 23.9. The van der Waals surface area contributed by atoms with Crippen molar-refractivity contribution in [2.24, 2.45) is 0 Å². The van der Waals surface area contributed by atoms with Crippen LogP contribution in [0.5, 0.6) is 0 Å². The van der Waals surface area contributed by atoms with Gasteiger partial charge in [0.1, 0.15) is 0 Å². The average Bonchev–Trinajstić information content (AvgIpc) is 2.66. The summed E-state index contributed by atoms with van der Waals surface area (Å²) < 4.78 is 13.5. The monoisotopic (exact) mass is 323 g/mol. The zero-order valence-corrected chi connectivity index (χ0v) is 14.3. The van der Waals surface area contributed by atoms with Crippen molar-refractivity contribution < 1.29 is 4.57 Å². The topological polar surface area (TPSA) is 54.9 Å². The predicted molar refractivity (Wildman–Crippen MR) is 91.2 cm³/mol. The minimum atomic E-state index is -2.01. The molecule has 3 rings (SSSR count). The van der Waals surface area contributed by atoms with Crippen LogP contribution < -0.4 is 5.32 Å². The fraction of sp³-hybridized carbons (Fsp3) is 0.600. The number of fused-ring (bicyclic) bond motifs is 1. The maximum absolute atomic E-state index is 12.4. The third-order valence-electron chi connectivity index (χ3n) is 4.27. The zero-order chi connectivity index (χ0) is 14.9. The van der Waals surface area contributed by atoms with Crippen molar-refractivity contribution in [3.05, 3.63) is 18.3 Å². The lowest BCUT2D eigenvalue weighted by Gasteiger charge is -2.23. The van der Waals surface area contributed by atoms with E-state index in [4.69, 9.17) is 0 Å². The van der Waals surface area contributed by atoms with Crippen LogP contribution in [0.2, 0.25) is 0 Å². The average molecular weight is 323 g/mol. The Morgan fingerprint density at radius 1 is 1.33 bits per heavy atom. The molecule has 2 unspecified atom stereocenters. The summed E-state index contributed by atoms with van der Waals surface area (Å²) in [5.74, 6) is 0. The molecule has 0 amide bonds. The Bertz CT molecular complexity index is 633. The number of anilines is 1. The van der Waals surface area contributed by atoms with Gasteiger partial charge in [0.2, 0.25) is 0 Å². The van der Waals surface area contributed by atoms with Gasteiger partial charge < -0.3 is 9.88 Å². The second kappa shape index (κ2) is 6.05. The summed E-state index contributed by atoms with van der Waals surface area (Å²) in [6.07, 6.45) is 7.41. The van der Waals surface area contributed by atoms with E-state index in [0.29, 0.717) is 11.7 Å². The summed E-state index contributed by atoms with van der Waals surface area (Å²) in [5.41, 5.74) is 1.16. The highest BCUT2D eigenvalue weighted by Gasteiger charge is 2.28. The van der Waals surface area contributed by atoms with Crippen LogP contribution in [0.3, 0.4) is 0 Å². The maximum atomic E-state index is 12.4. The SMILES string of the molecule is CP(C)(=O)C1CCCCC(Nc2nc3ncccc3s2)C1. The highest BCUT2D eigenvalue weighted by molar-refractivity contribution is 7.63. The summed E-state index contributed by atoms with van der Waals surface area (Å²) >= 11 is 1.65. The molecule has 114 valence electrons. The third kappa shape index (κ3) is 3.64. The fourth-order valence-corrected chi connectivity index (χ4v) is 5.50. The van der Waals surface area contributed by atoms with E-state index in [1.54, 1.807) is 17.5 Å². The van der Waals surface area contributed by atoms with Crippen molar-refractivity contribution in [2.45, 2.75) is 43.8 Å². The van der Waals surface area contributed by atoms with Crippen LogP contribution in [-0.4, -0.2) is 35.0 Å². The molecule has 0 aromatic carbocycles. The van der Waals surface area contributed by atoms with Gasteiger partial charge in [-0.15, -0.1) is 0 Å². The summed E-state index contributed by atoms with van der Waals surface area (Å²) in [6.45, 7) is 3.86. The van der Waals surface area contributed by atoms with Crippen LogP contribution in [0, 0.1) is 0 Å². The highest BCUT2D eigenvalue weighted by atomic mass is 32.1. The van der Waals surface area contributed by atoms with Gasteiger partial charge in [-0.3, -0.25) is 0 Å². The summed E-state index contributed by atoms with van der Waals surface area (Å²) in [6, 6.07) is 4.37. The minimum absolute atomic E-state index is 0.352. The van der Waals surface area contributed by atoms with Crippen LogP contribution in [0.15, 0.2) is 18.3 Å². The Labute approximate surface area is 129 Å². The van der Waals surface area contributed by atoms with E-state index in [1.165, 1.54) is 12.8 Å². The number of hydrogen-bond donors (Lipinski definition) is 1. The quantitative estimate of drug-likeness (QED) is 0.671. The van der Waals surface area contributed by atoms with Gasteiger partial charge in [0, 0.05) is 17.9 Å². The van der Waals surface area contributed by atoms with Gasteiger partial charge in [-0.2, -0.15) is 0 Å². The molecule has 1 aliphatic carbocycles. The molecular formula is C15H22N3OPS. The first-order valence-corrected chi connectivity index (χ1v) is 11.0. The second-order valence-electron chi connectivity index (χ2n) is 6.29. The van der Waals surface area contributed by atoms with Gasteiger partial charge >= 0.3 is 0 Å². The molecule has 1 aliphatic rings. The van der Waals surface area contributed by atoms with Crippen LogP contribution in [0.1, 0.15) is 32.1 Å². The van der Waals surface area contributed by atoms with Crippen LogP contribution in [-0.2, 0) is 4.57 Å². The molecule has 4 nitrogen and oxygen atoms in total.